The number of benzene rings is 3. The second-order valence-corrected chi connectivity index (χ2v) is 20.4. The number of epoxide rings is 1. The molecule has 4 bridgehead atoms. The third-order valence-corrected chi connectivity index (χ3v) is 14.8. The Morgan fingerprint density at radius 1 is 1.03 bits per heavy atom. The smallest absolute Gasteiger partial charge is 0.409 e. The number of imide groups is 1. The number of nitrogens with one attached hydrogen (secondary N) is 3. The van der Waals surface area contributed by atoms with E-state index in [4.69, 9.17) is 25.8 Å². The number of nitrogens with zero attached hydrogens (tertiary/aromatic N) is 4. The number of amides is 6. The minimum atomic E-state index is -1.92. The number of fused-ring (bicyclic) bond motifs is 5. The normalized spacial score (nSPS) is 25.5. The van der Waals surface area contributed by atoms with Crippen LogP contribution in [0.3, 0.4) is 0 Å². The van der Waals surface area contributed by atoms with Crippen molar-refractivity contribution in [2.24, 2.45) is 16.9 Å². The second-order valence-electron chi connectivity index (χ2n) is 20.0. The molecule has 78 heavy (non-hydrogen) atoms. The van der Waals surface area contributed by atoms with E-state index in [1.165, 1.54) is 36.2 Å². The van der Waals surface area contributed by atoms with Crippen LogP contribution in [0.1, 0.15) is 98.8 Å². The van der Waals surface area contributed by atoms with Gasteiger partial charge in [0.05, 0.1) is 53.5 Å². The Morgan fingerprint density at radius 3 is 2.42 bits per heavy atom. The third-order valence-electron chi connectivity index (χ3n) is 14.4. The topological polar surface area (TPSA) is 309 Å². The van der Waals surface area contributed by atoms with E-state index in [2.05, 4.69) is 21.2 Å². The van der Waals surface area contributed by atoms with E-state index in [1.807, 2.05) is 6.92 Å². The number of esters is 1. The Morgan fingerprint density at radius 2 is 1.74 bits per heavy atom. The molecule has 3 aromatic carbocycles. The van der Waals surface area contributed by atoms with Crippen molar-refractivity contribution < 1.29 is 68.0 Å². The highest BCUT2D eigenvalue weighted by molar-refractivity contribution is 6.34. The van der Waals surface area contributed by atoms with Crippen molar-refractivity contribution in [3.63, 3.8) is 0 Å². The van der Waals surface area contributed by atoms with Gasteiger partial charge in [-0.15, -0.1) is 0 Å². The van der Waals surface area contributed by atoms with Crippen molar-refractivity contribution in [1.82, 2.24) is 15.6 Å². The number of hydrazone groups is 1. The molecule has 4 aliphatic heterocycles. The van der Waals surface area contributed by atoms with Gasteiger partial charge in [-0.3, -0.25) is 49.1 Å². The first-order valence-corrected chi connectivity index (χ1v) is 25.7. The molecule has 7 rings (SSSR count). The molecule has 22 nitrogen and oxygen atoms in total. The number of anilines is 2. The fraction of sp³-hybridized carbons (Fsp3) is 0.418. The van der Waals surface area contributed by atoms with Gasteiger partial charge in [-0.05, 0) is 80.5 Å². The first kappa shape index (κ1) is 58.1. The van der Waals surface area contributed by atoms with Gasteiger partial charge in [0.25, 0.3) is 23.4 Å². The molecule has 23 heteroatoms. The van der Waals surface area contributed by atoms with Crippen molar-refractivity contribution in [1.29, 1.82) is 0 Å². The lowest BCUT2D eigenvalue weighted by Crippen LogP contribution is -2.62. The molecule has 0 unspecified atom stereocenters. The number of halogens is 1. The van der Waals surface area contributed by atoms with Crippen LogP contribution in [0.5, 0.6) is 0 Å². The molecule has 0 spiro atoms. The van der Waals surface area contributed by atoms with Crippen LogP contribution in [0.25, 0.3) is 0 Å². The van der Waals surface area contributed by atoms with Gasteiger partial charge in [-0.1, -0.05) is 79.1 Å². The minimum Gasteiger partial charge on any atom is -0.458 e. The van der Waals surface area contributed by atoms with Crippen molar-refractivity contribution in [2.75, 3.05) is 30.4 Å². The van der Waals surface area contributed by atoms with Crippen LogP contribution in [0.15, 0.2) is 95.7 Å². The number of hydrogen-bond acceptors (Lipinski definition) is 16. The summed E-state index contributed by atoms with van der Waals surface area (Å²) in [6.07, 6.45) is 4.78. The average Bonchev–Trinajstić information content (AvgIpc) is 4.24. The summed E-state index contributed by atoms with van der Waals surface area (Å²) >= 11 is 6.77. The maximum absolute atomic E-state index is 14.3. The SMILES string of the molecule is C/C1=C\C=C\[C@@H](CO)[C@@]2(O)C[C@H](OC(=O)N2)[C@@H](C)[C@@H]2O[C@@]2(C)[C@@H](OC(=O)Cc2ccc(/C(C)=N/NC(=O)c3ccc(NC(=O)CCCCCN4C(=O)C=CC4=O)cc3[N+](=O)[O-])cc2)CC(=O)N(C)c2cc(cc(CO)c2Cl)C1. The molecule has 4 aliphatic rings. The number of hydrogen-bond donors (Lipinski definition) is 6. The zero-order chi connectivity index (χ0) is 56.6. The summed E-state index contributed by atoms with van der Waals surface area (Å²) in [6.45, 7) is 6.15. The van der Waals surface area contributed by atoms with Gasteiger partial charge in [0.1, 0.15) is 23.4 Å². The zero-order valence-electron chi connectivity index (χ0n) is 43.7. The molecule has 3 aromatic rings. The van der Waals surface area contributed by atoms with E-state index < -0.39 is 95.1 Å². The fourth-order valence-corrected chi connectivity index (χ4v) is 10.0. The van der Waals surface area contributed by atoms with Crippen molar-refractivity contribution in [2.45, 2.75) is 115 Å². The average molecular weight is 1100 g/mol. The molecule has 7 atom stereocenters. The molecule has 0 radical (unpaired) electrons. The van der Waals surface area contributed by atoms with Gasteiger partial charge in [0.15, 0.2) is 5.72 Å². The minimum absolute atomic E-state index is 0.0749. The Hall–Kier alpha value is -7.63. The lowest BCUT2D eigenvalue weighted by molar-refractivity contribution is -0.385. The first-order valence-electron chi connectivity index (χ1n) is 25.3. The molecule has 0 aliphatic carbocycles. The number of nitro benzene ring substituents is 1. The van der Waals surface area contributed by atoms with Gasteiger partial charge >= 0.3 is 12.1 Å². The zero-order valence-corrected chi connectivity index (χ0v) is 44.4. The Labute approximate surface area is 454 Å². The summed E-state index contributed by atoms with van der Waals surface area (Å²) in [5, 5.41) is 53.8. The van der Waals surface area contributed by atoms with E-state index in [-0.39, 0.29) is 60.3 Å². The van der Waals surface area contributed by atoms with Crippen molar-refractivity contribution in [3.8, 4) is 0 Å². The molecule has 4 heterocycles. The maximum atomic E-state index is 14.3. The standard InChI is InChI=1S/C55H62ClN7O15/c1-31-10-9-11-38(30-65)55(73)28-43(76-53(72)58-55)32(2)51-54(4,78-51)44(27-48(69)61(5)42-24-35(22-31)23-37(29-64)50(42)56)77-49(70)25-34-13-15-36(16-14-34)33(3)59-60-52(71)40-18-17-39(26-41(40)63(74)75)57-45(66)12-7-6-8-21-62-46(67)19-20-47(62)68/h9-11,13-20,23-24,26,32,38,43-44,51,64-65,73H,6-8,12,21-22,25,27-30H2,1-5H3,(H,57,66)(H,58,72)(H,60,71)/b11-9+,31-10+,59-33+/t32-,38+,43+,44+,51+,54+,55+/m1/s1. The number of aliphatic hydroxyl groups is 3. The molecule has 0 aromatic heterocycles. The summed E-state index contributed by atoms with van der Waals surface area (Å²) in [5.41, 5.74) is 1.87. The van der Waals surface area contributed by atoms with Crippen LogP contribution >= 0.6 is 11.6 Å². The molecular formula is C55H62ClN7O15. The maximum Gasteiger partial charge on any atom is 0.409 e. The molecule has 2 fully saturated rings. The van der Waals surface area contributed by atoms with Crippen LogP contribution in [0, 0.1) is 22.0 Å². The van der Waals surface area contributed by atoms with Gasteiger partial charge in [-0.2, -0.15) is 5.10 Å². The third kappa shape index (κ3) is 13.7. The number of rotatable bonds is 16. The molecule has 2 saturated heterocycles. The number of ether oxygens (including phenoxy) is 3. The quantitative estimate of drug-likeness (QED) is 0.0197. The lowest BCUT2D eigenvalue weighted by Gasteiger charge is -2.42. The van der Waals surface area contributed by atoms with E-state index in [1.54, 1.807) is 75.4 Å². The molecular weight excluding hydrogens is 1030 g/mol. The van der Waals surface area contributed by atoms with Gasteiger partial charge in [0.2, 0.25) is 11.8 Å². The summed E-state index contributed by atoms with van der Waals surface area (Å²) in [7, 11) is 1.52. The van der Waals surface area contributed by atoms with Crippen molar-refractivity contribution >= 4 is 76.0 Å². The van der Waals surface area contributed by atoms with E-state index in [0.29, 0.717) is 59.3 Å². The number of aliphatic hydroxyl groups excluding tert-OH is 2. The van der Waals surface area contributed by atoms with Crippen LogP contribution in [0.2, 0.25) is 5.02 Å². The van der Waals surface area contributed by atoms with Crippen LogP contribution in [-0.2, 0) is 57.6 Å². The van der Waals surface area contributed by atoms with E-state index >= 15 is 0 Å². The number of allylic oxidation sites excluding steroid dienone is 3. The van der Waals surface area contributed by atoms with Crippen LogP contribution < -0.4 is 21.0 Å². The van der Waals surface area contributed by atoms with Gasteiger partial charge in [-0.25, -0.2) is 10.2 Å². The number of carbonyl (C=O) groups is 7. The Bertz CT molecular complexity index is 2980. The molecule has 6 N–H and O–H groups in total. The first-order chi connectivity index (χ1) is 37.0. The van der Waals surface area contributed by atoms with Crippen LogP contribution in [0.4, 0.5) is 21.9 Å². The molecule has 0 saturated carbocycles. The van der Waals surface area contributed by atoms with Crippen LogP contribution in [-0.4, -0.2) is 122 Å². The predicted molar refractivity (Wildman–Crippen MR) is 284 cm³/mol. The van der Waals surface area contributed by atoms with Gasteiger partial charge in [0, 0.05) is 62.2 Å². The summed E-state index contributed by atoms with van der Waals surface area (Å²) < 4.78 is 18.1. The second kappa shape index (κ2) is 24.8. The lowest BCUT2D eigenvalue weighted by atomic mass is 9.81. The largest absolute Gasteiger partial charge is 0.458 e. The van der Waals surface area contributed by atoms with Crippen molar-refractivity contribution in [3.05, 3.63) is 134 Å². The summed E-state index contributed by atoms with van der Waals surface area (Å²) in [4.78, 5) is 104. The highest BCUT2D eigenvalue weighted by Crippen LogP contribution is 2.49. The number of unbranched alkanes of at least 4 members (excludes halogenated alkanes) is 2. The highest BCUT2D eigenvalue weighted by atomic mass is 35.5. The Balaban J connectivity index is 1.01. The monoisotopic (exact) mass is 1100 g/mol. The number of carbonyl (C=O) groups excluding carboxylic acids is 7. The van der Waals surface area contributed by atoms with E-state index in [0.717, 1.165) is 16.5 Å². The highest BCUT2D eigenvalue weighted by Gasteiger charge is 2.64. The van der Waals surface area contributed by atoms with E-state index in [9.17, 15) is 59.0 Å². The predicted octanol–water partition coefficient (Wildman–Crippen LogP) is 5.47. The number of nitro groups is 1. The summed E-state index contributed by atoms with van der Waals surface area (Å²) in [5.74, 6) is -4.87. The van der Waals surface area contributed by atoms with Gasteiger partial charge < -0.3 is 39.7 Å². The molecule has 6 amide bonds. The summed E-state index contributed by atoms with van der Waals surface area (Å²) in [6, 6.07) is 13.6. The number of alkyl carbamates (subject to hydrolysis) is 1. The fourth-order valence-electron chi connectivity index (χ4n) is 9.74. The Kier molecular flexibility index (Phi) is 18.5. The molecule has 414 valence electrons.